The Bertz CT molecular complexity index is 670. The van der Waals surface area contributed by atoms with Gasteiger partial charge in [0.2, 0.25) is 0 Å². The fourth-order valence-corrected chi connectivity index (χ4v) is 4.50. The lowest BCUT2D eigenvalue weighted by atomic mass is 9.81. The van der Waals surface area contributed by atoms with Gasteiger partial charge in [-0.05, 0) is 40.9 Å². The van der Waals surface area contributed by atoms with Crippen molar-refractivity contribution >= 4 is 5.97 Å². The van der Waals surface area contributed by atoms with Gasteiger partial charge in [0, 0.05) is 0 Å². The van der Waals surface area contributed by atoms with Gasteiger partial charge < -0.3 is 10.2 Å². The number of phenols is 1. The quantitative estimate of drug-likeness (QED) is 0.249. The van der Waals surface area contributed by atoms with Crippen LogP contribution in [0.1, 0.15) is 141 Å². The molecule has 0 fully saturated rings. The minimum atomic E-state index is -0.700. The Morgan fingerprint density at radius 1 is 0.875 bits per heavy atom. The van der Waals surface area contributed by atoms with E-state index in [2.05, 4.69) is 41.5 Å². The van der Waals surface area contributed by atoms with Crippen LogP contribution in [-0.4, -0.2) is 16.2 Å². The molecule has 1 rings (SSSR count). The van der Waals surface area contributed by atoms with Crippen LogP contribution < -0.4 is 0 Å². The minimum Gasteiger partial charge on any atom is -0.507 e. The van der Waals surface area contributed by atoms with Crippen LogP contribution in [0, 0.1) is 5.92 Å². The number of rotatable bonds is 16. The van der Waals surface area contributed by atoms with E-state index in [-0.39, 0.29) is 17.3 Å². The number of hydrogen-bond donors (Lipinski definition) is 2. The molecule has 0 bridgehead atoms. The van der Waals surface area contributed by atoms with Crippen LogP contribution in [0.3, 0.4) is 0 Å². The van der Waals surface area contributed by atoms with Gasteiger partial charge in [-0.3, -0.25) is 4.79 Å². The summed E-state index contributed by atoms with van der Waals surface area (Å²) in [5.74, 6) is -0.487. The molecule has 3 heteroatoms. The molecule has 1 unspecified atom stereocenters. The number of phenolic OH excluding ortho intramolecular Hbond substituents is 1. The third-order valence-electron chi connectivity index (χ3n) is 6.62. The Balaban J connectivity index is 2.55. The number of carboxylic acid groups (broad SMARTS) is 1. The maximum atomic E-state index is 11.9. The molecule has 0 radical (unpaired) electrons. The van der Waals surface area contributed by atoms with Gasteiger partial charge in [0.25, 0.3) is 0 Å². The Labute approximate surface area is 198 Å². The Morgan fingerprint density at radius 3 is 1.81 bits per heavy atom. The number of carboxylic acids is 1. The maximum Gasteiger partial charge on any atom is 0.306 e. The summed E-state index contributed by atoms with van der Waals surface area (Å²) in [4.78, 5) is 11.9. The molecule has 0 amide bonds. The fraction of sp³-hybridized carbons (Fsp3) is 0.759. The van der Waals surface area contributed by atoms with E-state index in [1.54, 1.807) is 0 Å². The number of unbranched alkanes of at least 4 members (excludes halogenated alkanes) is 10. The van der Waals surface area contributed by atoms with E-state index in [1.165, 1.54) is 57.8 Å². The largest absolute Gasteiger partial charge is 0.507 e. The van der Waals surface area contributed by atoms with Crippen molar-refractivity contribution in [2.45, 2.75) is 136 Å². The molecule has 0 aliphatic rings. The van der Waals surface area contributed by atoms with Crippen LogP contribution in [0.15, 0.2) is 12.1 Å². The SMILES string of the molecule is CCCCCCCCCCCCCC(Cc1cc(C(C)C)c(O)c(C(C)(C)C)c1)C(=O)O. The monoisotopic (exact) mass is 446 g/mol. The maximum absolute atomic E-state index is 11.9. The molecule has 0 saturated heterocycles. The molecule has 1 aromatic rings. The highest BCUT2D eigenvalue weighted by Gasteiger charge is 2.24. The Morgan fingerprint density at radius 2 is 1.38 bits per heavy atom. The molecule has 0 aromatic heterocycles. The minimum absolute atomic E-state index is 0.182. The lowest BCUT2D eigenvalue weighted by Crippen LogP contribution is -2.18. The van der Waals surface area contributed by atoms with Crippen LogP contribution in [0.25, 0.3) is 0 Å². The van der Waals surface area contributed by atoms with Crippen molar-refractivity contribution in [1.29, 1.82) is 0 Å². The molecular weight excluding hydrogens is 396 g/mol. The summed E-state index contributed by atoms with van der Waals surface area (Å²) < 4.78 is 0. The van der Waals surface area contributed by atoms with Crippen molar-refractivity contribution in [3.8, 4) is 5.75 Å². The Kier molecular flexibility index (Phi) is 13.0. The lowest BCUT2D eigenvalue weighted by molar-refractivity contribution is -0.142. The zero-order valence-corrected chi connectivity index (χ0v) is 21.8. The lowest BCUT2D eigenvalue weighted by Gasteiger charge is -2.25. The zero-order valence-electron chi connectivity index (χ0n) is 21.8. The summed E-state index contributed by atoms with van der Waals surface area (Å²) in [5.41, 5.74) is 2.69. The molecule has 0 saturated carbocycles. The van der Waals surface area contributed by atoms with Gasteiger partial charge in [-0.15, -0.1) is 0 Å². The molecule has 32 heavy (non-hydrogen) atoms. The zero-order chi connectivity index (χ0) is 24.1. The van der Waals surface area contributed by atoms with E-state index in [0.29, 0.717) is 12.2 Å². The van der Waals surface area contributed by atoms with E-state index in [9.17, 15) is 15.0 Å². The third-order valence-corrected chi connectivity index (χ3v) is 6.62. The first-order valence-electron chi connectivity index (χ1n) is 13.2. The van der Waals surface area contributed by atoms with Crippen LogP contribution in [0.5, 0.6) is 5.75 Å². The van der Waals surface area contributed by atoms with E-state index in [1.807, 2.05) is 12.1 Å². The van der Waals surface area contributed by atoms with Gasteiger partial charge in [-0.1, -0.05) is 124 Å². The summed E-state index contributed by atoms with van der Waals surface area (Å²) in [5, 5.41) is 20.6. The predicted octanol–water partition coefficient (Wildman–Crippen LogP) is 8.76. The first kappa shape index (κ1) is 28.5. The van der Waals surface area contributed by atoms with E-state index < -0.39 is 5.97 Å². The topological polar surface area (TPSA) is 57.5 Å². The molecule has 0 spiro atoms. The van der Waals surface area contributed by atoms with Crippen molar-refractivity contribution in [2.24, 2.45) is 5.92 Å². The second-order valence-electron chi connectivity index (χ2n) is 11.0. The normalized spacial score (nSPS) is 13.0. The molecule has 0 aliphatic carbocycles. The van der Waals surface area contributed by atoms with Gasteiger partial charge in [-0.2, -0.15) is 0 Å². The van der Waals surface area contributed by atoms with Gasteiger partial charge >= 0.3 is 5.97 Å². The third kappa shape index (κ3) is 10.4. The molecule has 2 N–H and O–H groups in total. The number of benzene rings is 1. The van der Waals surface area contributed by atoms with Crippen molar-refractivity contribution in [3.05, 3.63) is 28.8 Å². The van der Waals surface area contributed by atoms with Crippen molar-refractivity contribution in [1.82, 2.24) is 0 Å². The van der Waals surface area contributed by atoms with Crippen molar-refractivity contribution in [2.75, 3.05) is 0 Å². The van der Waals surface area contributed by atoms with Gasteiger partial charge in [0.1, 0.15) is 5.75 Å². The summed E-state index contributed by atoms with van der Waals surface area (Å²) in [6, 6.07) is 4.04. The number of carbonyl (C=O) groups is 1. The van der Waals surface area contributed by atoms with Crippen LogP contribution in [0.4, 0.5) is 0 Å². The van der Waals surface area contributed by atoms with E-state index in [0.717, 1.165) is 36.0 Å². The summed E-state index contributed by atoms with van der Waals surface area (Å²) in [6.45, 7) is 12.7. The summed E-state index contributed by atoms with van der Waals surface area (Å²) >= 11 is 0. The average Bonchev–Trinajstić information content (AvgIpc) is 2.70. The second-order valence-corrected chi connectivity index (χ2v) is 11.0. The van der Waals surface area contributed by atoms with E-state index >= 15 is 0 Å². The summed E-state index contributed by atoms with van der Waals surface area (Å²) in [6.07, 6.45) is 15.3. The first-order chi connectivity index (χ1) is 15.1. The standard InChI is InChI=1S/C29H50O3/c1-7-8-9-10-11-12-13-14-15-16-17-18-24(28(31)32)19-23-20-25(22(2)3)27(30)26(21-23)29(4,5)6/h20-22,24,30H,7-19H2,1-6H3,(H,31,32). The average molecular weight is 447 g/mol. The highest BCUT2D eigenvalue weighted by molar-refractivity contribution is 5.70. The molecule has 1 atom stereocenters. The highest BCUT2D eigenvalue weighted by atomic mass is 16.4. The fourth-order valence-electron chi connectivity index (χ4n) is 4.50. The van der Waals surface area contributed by atoms with Crippen LogP contribution in [0.2, 0.25) is 0 Å². The van der Waals surface area contributed by atoms with Gasteiger partial charge in [0.15, 0.2) is 0 Å². The number of aromatic hydroxyl groups is 1. The van der Waals surface area contributed by atoms with Crippen LogP contribution in [-0.2, 0) is 16.6 Å². The molecule has 0 aliphatic heterocycles. The second kappa shape index (κ2) is 14.6. The molecule has 0 heterocycles. The molecule has 1 aromatic carbocycles. The first-order valence-corrected chi connectivity index (χ1v) is 13.2. The molecular formula is C29H50O3. The van der Waals surface area contributed by atoms with Gasteiger partial charge in [-0.25, -0.2) is 0 Å². The Hall–Kier alpha value is -1.51. The van der Waals surface area contributed by atoms with E-state index in [4.69, 9.17) is 0 Å². The predicted molar refractivity (Wildman–Crippen MR) is 137 cm³/mol. The molecule has 3 nitrogen and oxygen atoms in total. The summed E-state index contributed by atoms with van der Waals surface area (Å²) in [7, 11) is 0. The number of aliphatic carboxylic acids is 1. The highest BCUT2D eigenvalue weighted by Crippen LogP contribution is 2.38. The smallest absolute Gasteiger partial charge is 0.306 e. The molecule has 184 valence electrons. The van der Waals surface area contributed by atoms with Crippen LogP contribution >= 0.6 is 0 Å². The van der Waals surface area contributed by atoms with Crippen molar-refractivity contribution < 1.29 is 15.0 Å². The number of hydrogen-bond acceptors (Lipinski definition) is 2. The van der Waals surface area contributed by atoms with Crippen molar-refractivity contribution in [3.63, 3.8) is 0 Å². The van der Waals surface area contributed by atoms with Gasteiger partial charge in [0.05, 0.1) is 5.92 Å².